The van der Waals surface area contributed by atoms with Gasteiger partial charge in [0.05, 0.1) is 12.1 Å². The first kappa shape index (κ1) is 14.0. The Labute approximate surface area is 137 Å². The molecule has 6 heteroatoms. The first-order valence-corrected chi connectivity index (χ1v) is 7.86. The predicted octanol–water partition coefficient (Wildman–Crippen LogP) is 4.29. The first-order chi connectivity index (χ1) is 11.3. The van der Waals surface area contributed by atoms with Crippen molar-refractivity contribution >= 4 is 34.0 Å². The average Bonchev–Trinajstić information content (AvgIpc) is 3.11. The van der Waals surface area contributed by atoms with Gasteiger partial charge in [-0.25, -0.2) is 5.10 Å². The van der Waals surface area contributed by atoms with Crippen LogP contribution < -0.4 is 4.74 Å². The van der Waals surface area contributed by atoms with E-state index >= 15 is 0 Å². The van der Waals surface area contributed by atoms with Crippen LogP contribution in [0.5, 0.6) is 5.75 Å². The molecular formula is C17H15N3O2S. The van der Waals surface area contributed by atoms with Gasteiger partial charge in [-0.1, -0.05) is 24.3 Å². The molecule has 4 rings (SSSR count). The molecule has 0 aliphatic carbocycles. The van der Waals surface area contributed by atoms with E-state index in [1.165, 1.54) is 0 Å². The molecule has 0 fully saturated rings. The van der Waals surface area contributed by atoms with Gasteiger partial charge in [-0.3, -0.25) is 0 Å². The zero-order chi connectivity index (χ0) is 15.8. The summed E-state index contributed by atoms with van der Waals surface area (Å²) in [6.07, 6.45) is 0. The first-order valence-electron chi connectivity index (χ1n) is 7.45. The molecule has 2 heterocycles. The summed E-state index contributed by atoms with van der Waals surface area (Å²) in [6.45, 7) is 3.13. The lowest BCUT2D eigenvalue weighted by atomic mass is 10.1. The van der Waals surface area contributed by atoms with Crippen molar-refractivity contribution in [1.82, 2.24) is 14.8 Å². The van der Waals surface area contributed by atoms with E-state index in [0.717, 1.165) is 27.6 Å². The van der Waals surface area contributed by atoms with Crippen molar-refractivity contribution in [2.75, 3.05) is 6.61 Å². The Morgan fingerprint density at radius 3 is 2.78 bits per heavy atom. The topological polar surface area (TPSA) is 56.0 Å². The minimum atomic E-state index is 0.288. The number of rotatable bonds is 4. The molecule has 4 aromatic rings. The highest BCUT2D eigenvalue weighted by atomic mass is 32.1. The Hall–Kier alpha value is -2.60. The van der Waals surface area contributed by atoms with Crippen LogP contribution in [-0.2, 0) is 6.54 Å². The molecule has 23 heavy (non-hydrogen) atoms. The molecule has 0 saturated heterocycles. The standard InChI is InChI=1S/C17H15N3O2S/c1-2-21-14-9-5-8-13-16(14)11-6-3-4-7-12(11)20(13)10-15-18-19-17(23)22-15/h3-9H,2,10H2,1H3,(H,19,23). The van der Waals surface area contributed by atoms with Gasteiger partial charge in [-0.2, -0.15) is 0 Å². The van der Waals surface area contributed by atoms with Crippen molar-refractivity contribution in [3.8, 4) is 5.75 Å². The van der Waals surface area contributed by atoms with Crippen LogP contribution in [0.2, 0.25) is 0 Å². The third-order valence-corrected chi connectivity index (χ3v) is 4.01. The van der Waals surface area contributed by atoms with Gasteiger partial charge in [0.2, 0.25) is 5.89 Å². The quantitative estimate of drug-likeness (QED) is 0.569. The summed E-state index contributed by atoms with van der Waals surface area (Å²) < 4.78 is 13.4. The lowest BCUT2D eigenvalue weighted by Crippen LogP contribution is -2.00. The van der Waals surface area contributed by atoms with Gasteiger partial charge in [0.25, 0.3) is 4.84 Å². The zero-order valence-corrected chi connectivity index (χ0v) is 13.4. The Bertz CT molecular complexity index is 1040. The van der Waals surface area contributed by atoms with E-state index in [9.17, 15) is 0 Å². The highest BCUT2D eigenvalue weighted by molar-refractivity contribution is 7.71. The maximum Gasteiger partial charge on any atom is 0.284 e. The minimum Gasteiger partial charge on any atom is -0.493 e. The van der Waals surface area contributed by atoms with Crippen LogP contribution in [0.1, 0.15) is 12.8 Å². The van der Waals surface area contributed by atoms with Crippen molar-refractivity contribution in [3.63, 3.8) is 0 Å². The maximum absolute atomic E-state index is 5.82. The van der Waals surface area contributed by atoms with Crippen LogP contribution in [0.25, 0.3) is 21.8 Å². The third kappa shape index (κ3) is 2.31. The molecule has 5 nitrogen and oxygen atoms in total. The number of hydrogen-bond donors (Lipinski definition) is 1. The molecule has 0 radical (unpaired) electrons. The second-order valence-corrected chi connectivity index (χ2v) is 5.56. The van der Waals surface area contributed by atoms with Crippen LogP contribution >= 0.6 is 12.2 Å². The van der Waals surface area contributed by atoms with E-state index < -0.39 is 0 Å². The highest BCUT2D eigenvalue weighted by Gasteiger charge is 2.15. The van der Waals surface area contributed by atoms with Gasteiger partial charge in [0.15, 0.2) is 0 Å². The molecule has 2 aromatic carbocycles. The molecule has 0 spiro atoms. The molecule has 1 N–H and O–H groups in total. The van der Waals surface area contributed by atoms with Crippen molar-refractivity contribution in [1.29, 1.82) is 0 Å². The highest BCUT2D eigenvalue weighted by Crippen LogP contribution is 2.35. The van der Waals surface area contributed by atoms with Crippen molar-refractivity contribution in [2.24, 2.45) is 0 Å². The molecule has 0 bridgehead atoms. The molecule has 0 atom stereocenters. The van der Waals surface area contributed by atoms with Crippen LogP contribution in [0.15, 0.2) is 46.9 Å². The van der Waals surface area contributed by atoms with E-state index in [-0.39, 0.29) is 4.84 Å². The number of H-pyrrole nitrogens is 1. The summed E-state index contributed by atoms with van der Waals surface area (Å²) in [5.74, 6) is 1.45. The van der Waals surface area contributed by atoms with Crippen LogP contribution in [0, 0.1) is 4.84 Å². The molecule has 2 aromatic heterocycles. The second kappa shape index (κ2) is 5.55. The van der Waals surface area contributed by atoms with E-state index in [1.54, 1.807) is 0 Å². The lowest BCUT2D eigenvalue weighted by molar-refractivity contribution is 0.344. The zero-order valence-electron chi connectivity index (χ0n) is 12.6. The SMILES string of the molecule is CCOc1cccc2c1c1ccccc1n2Cc1n[nH]c(=S)o1. The average molecular weight is 325 g/mol. The van der Waals surface area contributed by atoms with E-state index in [2.05, 4.69) is 33.0 Å². The van der Waals surface area contributed by atoms with E-state index in [4.69, 9.17) is 21.4 Å². The minimum absolute atomic E-state index is 0.288. The fourth-order valence-corrected chi connectivity index (χ4v) is 3.12. The number of aromatic nitrogens is 3. The number of fused-ring (bicyclic) bond motifs is 3. The lowest BCUT2D eigenvalue weighted by Gasteiger charge is -2.06. The van der Waals surface area contributed by atoms with Gasteiger partial charge >= 0.3 is 0 Å². The number of benzene rings is 2. The Kier molecular flexibility index (Phi) is 3.38. The summed E-state index contributed by atoms with van der Waals surface area (Å²) in [5.41, 5.74) is 2.19. The number of nitrogens with one attached hydrogen (secondary N) is 1. The summed E-state index contributed by atoms with van der Waals surface area (Å²) in [4.78, 5) is 0.288. The number of hydrogen-bond acceptors (Lipinski definition) is 4. The van der Waals surface area contributed by atoms with E-state index in [1.807, 2.05) is 31.2 Å². The van der Waals surface area contributed by atoms with Crippen molar-refractivity contribution in [3.05, 3.63) is 53.2 Å². The third-order valence-electron chi connectivity index (χ3n) is 3.83. The number of ether oxygens (including phenoxy) is 1. The molecule has 116 valence electrons. The predicted molar refractivity (Wildman–Crippen MR) is 91.4 cm³/mol. The number of nitrogens with zero attached hydrogens (tertiary/aromatic N) is 2. The summed E-state index contributed by atoms with van der Waals surface area (Å²) in [5, 5.41) is 9.05. The smallest absolute Gasteiger partial charge is 0.284 e. The molecule has 0 aliphatic rings. The van der Waals surface area contributed by atoms with E-state index in [0.29, 0.717) is 19.0 Å². The maximum atomic E-state index is 5.82. The van der Waals surface area contributed by atoms with Gasteiger partial charge in [-0.05, 0) is 37.3 Å². The fraction of sp³-hybridized carbons (Fsp3) is 0.176. The fourth-order valence-electron chi connectivity index (χ4n) is 2.98. The normalized spacial score (nSPS) is 11.3. The van der Waals surface area contributed by atoms with Gasteiger partial charge in [0, 0.05) is 16.3 Å². The van der Waals surface area contributed by atoms with Gasteiger partial charge in [-0.15, -0.1) is 5.10 Å². The molecule has 0 saturated carbocycles. The second-order valence-electron chi connectivity index (χ2n) is 5.19. The van der Waals surface area contributed by atoms with Gasteiger partial charge < -0.3 is 13.7 Å². The summed E-state index contributed by atoms with van der Waals surface area (Å²) in [7, 11) is 0. The summed E-state index contributed by atoms with van der Waals surface area (Å²) in [6, 6.07) is 14.3. The molecule has 0 unspecified atom stereocenters. The molecular weight excluding hydrogens is 310 g/mol. The van der Waals surface area contributed by atoms with Gasteiger partial charge in [0.1, 0.15) is 12.3 Å². The monoisotopic (exact) mass is 325 g/mol. The number of para-hydroxylation sites is 1. The van der Waals surface area contributed by atoms with Crippen LogP contribution in [-0.4, -0.2) is 21.4 Å². The van der Waals surface area contributed by atoms with Crippen LogP contribution in [0.3, 0.4) is 0 Å². The Balaban J connectivity index is 2.01. The van der Waals surface area contributed by atoms with Crippen molar-refractivity contribution < 1.29 is 9.15 Å². The molecule has 0 amide bonds. The Morgan fingerprint density at radius 2 is 2.00 bits per heavy atom. The molecule has 0 aliphatic heterocycles. The largest absolute Gasteiger partial charge is 0.493 e. The summed E-state index contributed by atoms with van der Waals surface area (Å²) >= 11 is 4.96. The Morgan fingerprint density at radius 1 is 1.17 bits per heavy atom. The van der Waals surface area contributed by atoms with Crippen molar-refractivity contribution in [2.45, 2.75) is 13.5 Å². The van der Waals surface area contributed by atoms with Crippen LogP contribution in [0.4, 0.5) is 0 Å². The number of aromatic amines is 1.